The topological polar surface area (TPSA) is 43.9 Å². The zero-order valence-electron chi connectivity index (χ0n) is 16.3. The molecule has 2 aliphatic heterocycles. The molecule has 0 amide bonds. The molecule has 2 fully saturated rings. The van der Waals surface area contributed by atoms with Gasteiger partial charge in [0.2, 0.25) is 0 Å². The molecule has 5 nitrogen and oxygen atoms in total. The summed E-state index contributed by atoms with van der Waals surface area (Å²) in [6.07, 6.45) is 2.76. The lowest BCUT2D eigenvalue weighted by molar-refractivity contribution is 0.111. The van der Waals surface area contributed by atoms with Crippen LogP contribution in [0.25, 0.3) is 0 Å². The van der Waals surface area contributed by atoms with Gasteiger partial charge in [0.05, 0.1) is 6.04 Å². The molecule has 0 aromatic heterocycles. The molecule has 0 saturated carbocycles. The molecule has 2 aromatic carbocycles. The SMILES string of the molecule is CN1CC(c2ccccc2F)C(c2ccc(Cl)cc2)N1S(=O)(=O)N1CCCCC1. The molecule has 156 valence electrons. The van der Waals surface area contributed by atoms with Crippen molar-refractivity contribution in [2.75, 3.05) is 26.7 Å². The first-order valence-corrected chi connectivity index (χ1v) is 11.7. The standard InChI is InChI=1S/C21H25ClFN3O2S/c1-24-15-19(18-7-3-4-8-20(18)23)21(16-9-11-17(22)12-10-16)26(24)29(27,28)25-13-5-2-6-14-25/h3-4,7-12,19,21H,2,5-6,13-15H2,1H3. The molecular formula is C21H25ClFN3O2S. The molecule has 2 saturated heterocycles. The van der Waals surface area contributed by atoms with Gasteiger partial charge in [-0.3, -0.25) is 0 Å². The molecule has 2 aliphatic rings. The molecule has 8 heteroatoms. The molecule has 0 N–H and O–H groups in total. The van der Waals surface area contributed by atoms with Gasteiger partial charge in [0, 0.05) is 37.6 Å². The molecule has 0 aliphatic carbocycles. The maximum atomic E-state index is 14.7. The van der Waals surface area contributed by atoms with Gasteiger partial charge in [-0.1, -0.05) is 48.4 Å². The van der Waals surface area contributed by atoms with E-state index in [2.05, 4.69) is 0 Å². The summed E-state index contributed by atoms with van der Waals surface area (Å²) in [5, 5.41) is 2.29. The lowest BCUT2D eigenvalue weighted by atomic mass is 9.88. The van der Waals surface area contributed by atoms with Crippen LogP contribution in [0.15, 0.2) is 48.5 Å². The Balaban J connectivity index is 1.80. The summed E-state index contributed by atoms with van der Waals surface area (Å²) >= 11 is 6.06. The average Bonchev–Trinajstić information content (AvgIpc) is 3.07. The summed E-state index contributed by atoms with van der Waals surface area (Å²) < 4.78 is 44.9. The van der Waals surface area contributed by atoms with Crippen molar-refractivity contribution in [2.45, 2.75) is 31.2 Å². The lowest BCUT2D eigenvalue weighted by Crippen LogP contribution is -2.50. The van der Waals surface area contributed by atoms with Crippen LogP contribution in [0.3, 0.4) is 0 Å². The Morgan fingerprint density at radius 3 is 2.31 bits per heavy atom. The van der Waals surface area contributed by atoms with Crippen LogP contribution in [0, 0.1) is 5.82 Å². The van der Waals surface area contributed by atoms with E-state index in [1.165, 1.54) is 10.5 Å². The largest absolute Gasteiger partial charge is 0.295 e. The predicted molar refractivity (Wildman–Crippen MR) is 112 cm³/mol. The summed E-state index contributed by atoms with van der Waals surface area (Å²) in [4.78, 5) is 0. The molecule has 0 radical (unpaired) electrons. The molecule has 2 heterocycles. The van der Waals surface area contributed by atoms with Gasteiger partial charge in [0.1, 0.15) is 5.82 Å². The zero-order valence-corrected chi connectivity index (χ0v) is 17.9. The maximum Gasteiger partial charge on any atom is 0.295 e. The highest BCUT2D eigenvalue weighted by atomic mass is 35.5. The summed E-state index contributed by atoms with van der Waals surface area (Å²) in [6, 6.07) is 13.2. The Kier molecular flexibility index (Phi) is 5.95. The number of hydrogen-bond donors (Lipinski definition) is 0. The first-order valence-electron chi connectivity index (χ1n) is 9.90. The smallest absolute Gasteiger partial charge is 0.229 e. The molecule has 4 rings (SSSR count). The Morgan fingerprint density at radius 2 is 1.66 bits per heavy atom. The Hall–Kier alpha value is -1.51. The van der Waals surface area contributed by atoms with Crippen LogP contribution in [0.4, 0.5) is 4.39 Å². The van der Waals surface area contributed by atoms with E-state index in [1.807, 2.05) is 12.1 Å². The van der Waals surface area contributed by atoms with Crippen molar-refractivity contribution in [3.8, 4) is 0 Å². The van der Waals surface area contributed by atoms with E-state index in [0.717, 1.165) is 24.8 Å². The third-order valence-corrected chi connectivity index (χ3v) is 8.06. The van der Waals surface area contributed by atoms with Crippen molar-refractivity contribution in [3.05, 3.63) is 70.5 Å². The molecular weight excluding hydrogens is 413 g/mol. The second-order valence-electron chi connectivity index (χ2n) is 7.70. The van der Waals surface area contributed by atoms with E-state index in [9.17, 15) is 12.8 Å². The van der Waals surface area contributed by atoms with Crippen LogP contribution in [-0.4, -0.2) is 48.8 Å². The summed E-state index contributed by atoms with van der Waals surface area (Å²) in [5.74, 6) is -0.649. The third-order valence-electron chi connectivity index (χ3n) is 5.81. The van der Waals surface area contributed by atoms with Gasteiger partial charge >= 0.3 is 0 Å². The van der Waals surface area contributed by atoms with Crippen molar-refractivity contribution < 1.29 is 12.8 Å². The van der Waals surface area contributed by atoms with Gasteiger partial charge < -0.3 is 0 Å². The number of benzene rings is 2. The number of hydrogen-bond acceptors (Lipinski definition) is 3. The van der Waals surface area contributed by atoms with E-state index in [1.54, 1.807) is 46.7 Å². The van der Waals surface area contributed by atoms with Gasteiger partial charge in [-0.2, -0.15) is 12.7 Å². The Bertz CT molecular complexity index is 964. The number of hydrazine groups is 1. The minimum Gasteiger partial charge on any atom is -0.229 e. The number of rotatable bonds is 4. The summed E-state index contributed by atoms with van der Waals surface area (Å²) in [5.41, 5.74) is 1.32. The molecule has 0 spiro atoms. The minimum atomic E-state index is -3.73. The average molecular weight is 438 g/mol. The fraction of sp³-hybridized carbons (Fsp3) is 0.429. The Labute approximate surface area is 176 Å². The summed E-state index contributed by atoms with van der Waals surface area (Å²) in [7, 11) is -1.98. The molecule has 29 heavy (non-hydrogen) atoms. The maximum absolute atomic E-state index is 14.7. The number of likely N-dealkylation sites (N-methyl/N-ethyl adjacent to an activating group) is 1. The third kappa shape index (κ3) is 3.94. The minimum absolute atomic E-state index is 0.318. The highest BCUT2D eigenvalue weighted by Crippen LogP contribution is 2.45. The quantitative estimate of drug-likeness (QED) is 0.720. The van der Waals surface area contributed by atoms with Gasteiger partial charge in [-0.05, 0) is 42.2 Å². The van der Waals surface area contributed by atoms with E-state index in [-0.39, 0.29) is 11.7 Å². The molecule has 2 unspecified atom stereocenters. The van der Waals surface area contributed by atoms with Gasteiger partial charge in [0.25, 0.3) is 10.2 Å². The first kappa shape index (κ1) is 20.8. The van der Waals surface area contributed by atoms with E-state index < -0.39 is 16.3 Å². The second-order valence-corrected chi connectivity index (χ2v) is 9.93. The van der Waals surface area contributed by atoms with Crippen molar-refractivity contribution in [1.29, 1.82) is 0 Å². The first-order chi connectivity index (χ1) is 13.9. The van der Waals surface area contributed by atoms with Crippen LogP contribution in [0.1, 0.15) is 42.3 Å². The van der Waals surface area contributed by atoms with E-state index in [4.69, 9.17) is 11.6 Å². The summed E-state index contributed by atoms with van der Waals surface area (Å²) in [6.45, 7) is 1.44. The van der Waals surface area contributed by atoms with Gasteiger partial charge in [-0.25, -0.2) is 9.40 Å². The molecule has 2 atom stereocenters. The highest BCUT2D eigenvalue weighted by molar-refractivity contribution is 7.86. The van der Waals surface area contributed by atoms with Gasteiger partial charge in [-0.15, -0.1) is 4.41 Å². The number of nitrogens with zero attached hydrogens (tertiary/aromatic N) is 3. The van der Waals surface area contributed by atoms with Crippen LogP contribution in [-0.2, 0) is 10.2 Å². The van der Waals surface area contributed by atoms with Crippen molar-refractivity contribution in [2.24, 2.45) is 0 Å². The Morgan fingerprint density at radius 1 is 1.00 bits per heavy atom. The van der Waals surface area contributed by atoms with Crippen LogP contribution >= 0.6 is 11.6 Å². The van der Waals surface area contributed by atoms with Gasteiger partial charge in [0.15, 0.2) is 0 Å². The lowest BCUT2D eigenvalue weighted by Gasteiger charge is -2.36. The fourth-order valence-electron chi connectivity index (χ4n) is 4.43. The second kappa shape index (κ2) is 8.32. The van der Waals surface area contributed by atoms with E-state index in [0.29, 0.717) is 30.2 Å². The fourth-order valence-corrected chi connectivity index (χ4v) is 6.49. The van der Waals surface area contributed by atoms with Crippen LogP contribution in [0.5, 0.6) is 0 Å². The number of piperidine rings is 1. The van der Waals surface area contributed by atoms with Crippen LogP contribution < -0.4 is 0 Å². The highest BCUT2D eigenvalue weighted by Gasteiger charge is 2.48. The normalized spacial score (nSPS) is 24.8. The van der Waals surface area contributed by atoms with Crippen molar-refractivity contribution in [1.82, 2.24) is 13.7 Å². The molecule has 0 bridgehead atoms. The molecule has 2 aromatic rings. The monoisotopic (exact) mass is 437 g/mol. The van der Waals surface area contributed by atoms with Crippen molar-refractivity contribution in [3.63, 3.8) is 0 Å². The van der Waals surface area contributed by atoms with E-state index >= 15 is 0 Å². The zero-order chi connectivity index (χ0) is 20.6. The number of halogens is 2. The predicted octanol–water partition coefficient (Wildman–Crippen LogP) is 4.20. The van der Waals surface area contributed by atoms with Crippen molar-refractivity contribution >= 4 is 21.8 Å². The van der Waals surface area contributed by atoms with Crippen LogP contribution in [0.2, 0.25) is 5.02 Å².